The summed E-state index contributed by atoms with van der Waals surface area (Å²) in [5, 5.41) is 14.1. The van der Waals surface area contributed by atoms with Gasteiger partial charge in [0.1, 0.15) is 5.69 Å². The van der Waals surface area contributed by atoms with Crippen molar-refractivity contribution in [3.05, 3.63) is 63.5 Å². The van der Waals surface area contributed by atoms with Gasteiger partial charge in [-0.05, 0) is 36.6 Å². The topological polar surface area (TPSA) is 68.1 Å². The second-order valence-corrected chi connectivity index (χ2v) is 4.38. The Morgan fingerprint density at radius 3 is 2.74 bits per heavy atom. The summed E-state index contributed by atoms with van der Waals surface area (Å²) in [5.74, 6) is 0. The van der Waals surface area contributed by atoms with Crippen molar-refractivity contribution >= 4 is 11.4 Å². The van der Waals surface area contributed by atoms with E-state index in [2.05, 4.69) is 10.3 Å². The van der Waals surface area contributed by atoms with Gasteiger partial charge in [-0.25, -0.2) is 0 Å². The predicted octanol–water partition coefficient (Wildman–Crippen LogP) is 3.22. The van der Waals surface area contributed by atoms with E-state index in [0.717, 1.165) is 16.7 Å². The Morgan fingerprint density at radius 2 is 2.05 bits per heavy atom. The summed E-state index contributed by atoms with van der Waals surface area (Å²) in [6, 6.07) is 6.97. The van der Waals surface area contributed by atoms with Crippen LogP contribution in [-0.4, -0.2) is 9.91 Å². The average Bonchev–Trinajstić information content (AvgIpc) is 2.38. The van der Waals surface area contributed by atoms with Crippen LogP contribution in [0.4, 0.5) is 11.4 Å². The first-order chi connectivity index (χ1) is 9.09. The van der Waals surface area contributed by atoms with Crippen LogP contribution in [0.2, 0.25) is 0 Å². The minimum Gasteiger partial charge on any atom is -0.375 e. The lowest BCUT2D eigenvalue weighted by molar-refractivity contribution is -0.384. The van der Waals surface area contributed by atoms with Gasteiger partial charge in [-0.15, -0.1) is 0 Å². The Morgan fingerprint density at radius 1 is 1.26 bits per heavy atom. The molecule has 1 aromatic carbocycles. The molecule has 2 rings (SSSR count). The van der Waals surface area contributed by atoms with E-state index >= 15 is 0 Å². The molecule has 0 radical (unpaired) electrons. The number of anilines is 1. The van der Waals surface area contributed by atoms with E-state index in [4.69, 9.17) is 0 Å². The van der Waals surface area contributed by atoms with Crippen molar-refractivity contribution in [3.63, 3.8) is 0 Å². The van der Waals surface area contributed by atoms with Crippen LogP contribution in [0.3, 0.4) is 0 Å². The number of pyridine rings is 1. The minimum absolute atomic E-state index is 0.0987. The highest BCUT2D eigenvalue weighted by Gasteiger charge is 2.15. The molecule has 0 fully saturated rings. The summed E-state index contributed by atoms with van der Waals surface area (Å²) in [6.45, 7) is 4.36. The lowest BCUT2D eigenvalue weighted by Crippen LogP contribution is -2.05. The maximum atomic E-state index is 11.0. The summed E-state index contributed by atoms with van der Waals surface area (Å²) >= 11 is 0. The molecule has 5 heteroatoms. The zero-order valence-corrected chi connectivity index (χ0v) is 10.9. The third kappa shape index (κ3) is 2.88. The molecule has 0 aliphatic carbocycles. The Kier molecular flexibility index (Phi) is 3.75. The molecule has 0 aliphatic rings. The van der Waals surface area contributed by atoms with Crippen LogP contribution in [0.5, 0.6) is 0 Å². The quantitative estimate of drug-likeness (QED) is 0.674. The van der Waals surface area contributed by atoms with Crippen molar-refractivity contribution in [1.29, 1.82) is 0 Å². The van der Waals surface area contributed by atoms with E-state index in [1.807, 2.05) is 26.0 Å². The number of nitrogens with zero attached hydrogens (tertiary/aromatic N) is 2. The second kappa shape index (κ2) is 5.48. The molecule has 0 atom stereocenters. The van der Waals surface area contributed by atoms with Gasteiger partial charge < -0.3 is 5.32 Å². The third-order valence-electron chi connectivity index (χ3n) is 3.05. The number of rotatable bonds is 4. The maximum absolute atomic E-state index is 11.0. The van der Waals surface area contributed by atoms with Crippen LogP contribution in [0.1, 0.15) is 16.7 Å². The zero-order valence-electron chi connectivity index (χ0n) is 10.9. The van der Waals surface area contributed by atoms with E-state index in [0.29, 0.717) is 12.2 Å². The first kappa shape index (κ1) is 13.0. The fourth-order valence-electron chi connectivity index (χ4n) is 1.90. The van der Waals surface area contributed by atoms with Crippen molar-refractivity contribution in [3.8, 4) is 0 Å². The molecule has 0 aliphatic heterocycles. The molecule has 0 amide bonds. The number of aromatic nitrogens is 1. The van der Waals surface area contributed by atoms with Crippen molar-refractivity contribution in [1.82, 2.24) is 4.98 Å². The Balaban J connectivity index is 2.25. The first-order valence-corrected chi connectivity index (χ1v) is 5.97. The van der Waals surface area contributed by atoms with Gasteiger partial charge >= 0.3 is 0 Å². The summed E-state index contributed by atoms with van der Waals surface area (Å²) < 4.78 is 0. The molecule has 0 spiro atoms. The molecule has 0 unspecified atom stereocenters. The number of aryl methyl sites for hydroxylation is 2. The Labute approximate surface area is 111 Å². The van der Waals surface area contributed by atoms with E-state index in [1.54, 1.807) is 18.5 Å². The fraction of sp³-hybridized carbons (Fsp3) is 0.214. The van der Waals surface area contributed by atoms with Crippen LogP contribution < -0.4 is 5.32 Å². The molecule has 5 nitrogen and oxygen atoms in total. The van der Waals surface area contributed by atoms with Gasteiger partial charge in [0.25, 0.3) is 5.69 Å². The van der Waals surface area contributed by atoms with Crippen LogP contribution >= 0.6 is 0 Å². The van der Waals surface area contributed by atoms with E-state index in [1.165, 1.54) is 6.07 Å². The lowest BCUT2D eigenvalue weighted by atomic mass is 10.1. The summed E-state index contributed by atoms with van der Waals surface area (Å²) in [4.78, 5) is 14.7. The number of para-hydroxylation sites is 1. The highest BCUT2D eigenvalue weighted by Crippen LogP contribution is 2.28. The molecule has 0 saturated heterocycles. The van der Waals surface area contributed by atoms with Crippen LogP contribution in [0.15, 0.2) is 36.7 Å². The molecule has 1 aromatic heterocycles. The minimum atomic E-state index is -0.370. The summed E-state index contributed by atoms with van der Waals surface area (Å²) in [5.41, 5.74) is 3.66. The summed E-state index contributed by atoms with van der Waals surface area (Å²) in [7, 11) is 0. The molecule has 1 N–H and O–H groups in total. The number of hydrogen-bond donors (Lipinski definition) is 1. The highest BCUT2D eigenvalue weighted by molar-refractivity contribution is 5.66. The van der Waals surface area contributed by atoms with Crippen molar-refractivity contribution in [2.24, 2.45) is 0 Å². The number of benzene rings is 1. The van der Waals surface area contributed by atoms with Crippen molar-refractivity contribution < 1.29 is 4.92 Å². The number of hydrogen-bond acceptors (Lipinski definition) is 4. The number of nitro benzene ring substituents is 1. The van der Waals surface area contributed by atoms with Crippen molar-refractivity contribution in [2.75, 3.05) is 5.32 Å². The normalized spacial score (nSPS) is 10.2. The second-order valence-electron chi connectivity index (χ2n) is 4.38. The molecule has 98 valence electrons. The third-order valence-corrected chi connectivity index (χ3v) is 3.05. The standard InChI is InChI=1S/C14H15N3O2/c1-10-6-7-15-8-12(10)9-16-14-11(2)4-3-5-13(14)17(18)19/h3-8,16H,9H2,1-2H3. The van der Waals surface area contributed by atoms with Gasteiger partial charge in [0.05, 0.1) is 4.92 Å². The van der Waals surface area contributed by atoms with Crippen LogP contribution in [-0.2, 0) is 6.54 Å². The van der Waals surface area contributed by atoms with E-state index < -0.39 is 0 Å². The fourth-order valence-corrected chi connectivity index (χ4v) is 1.90. The monoisotopic (exact) mass is 257 g/mol. The lowest BCUT2D eigenvalue weighted by Gasteiger charge is -2.11. The molecule has 2 aromatic rings. The van der Waals surface area contributed by atoms with E-state index in [9.17, 15) is 10.1 Å². The molecule has 1 heterocycles. The number of nitro groups is 1. The van der Waals surface area contributed by atoms with Crippen molar-refractivity contribution in [2.45, 2.75) is 20.4 Å². The van der Waals surface area contributed by atoms with Gasteiger partial charge in [0.15, 0.2) is 0 Å². The predicted molar refractivity (Wildman–Crippen MR) is 74.1 cm³/mol. The van der Waals surface area contributed by atoms with Gasteiger partial charge in [0.2, 0.25) is 0 Å². The largest absolute Gasteiger partial charge is 0.375 e. The Hall–Kier alpha value is -2.43. The van der Waals surface area contributed by atoms with Gasteiger partial charge in [-0.1, -0.05) is 12.1 Å². The van der Waals surface area contributed by atoms with Gasteiger partial charge in [-0.3, -0.25) is 15.1 Å². The van der Waals surface area contributed by atoms with Crippen LogP contribution in [0.25, 0.3) is 0 Å². The summed E-state index contributed by atoms with van der Waals surface area (Å²) in [6.07, 6.45) is 3.50. The molecular formula is C14H15N3O2. The van der Waals surface area contributed by atoms with Crippen LogP contribution in [0, 0.1) is 24.0 Å². The number of nitrogens with one attached hydrogen (secondary N) is 1. The van der Waals surface area contributed by atoms with Gasteiger partial charge in [-0.2, -0.15) is 0 Å². The molecule has 0 saturated carbocycles. The first-order valence-electron chi connectivity index (χ1n) is 5.97. The maximum Gasteiger partial charge on any atom is 0.292 e. The molecule has 0 bridgehead atoms. The highest BCUT2D eigenvalue weighted by atomic mass is 16.6. The molecular weight excluding hydrogens is 242 g/mol. The van der Waals surface area contributed by atoms with E-state index in [-0.39, 0.29) is 10.6 Å². The Bertz CT molecular complexity index is 611. The van der Waals surface area contributed by atoms with Gasteiger partial charge in [0, 0.05) is 25.0 Å². The zero-order chi connectivity index (χ0) is 13.8. The SMILES string of the molecule is Cc1ccncc1CNc1c(C)cccc1[N+](=O)[O-]. The smallest absolute Gasteiger partial charge is 0.292 e. The average molecular weight is 257 g/mol. The molecule has 19 heavy (non-hydrogen) atoms.